The fourth-order valence-electron chi connectivity index (χ4n) is 3.90. The molecule has 9 heteroatoms. The molecular weight excluding hydrogens is 472 g/mol. The average molecular weight is 501 g/mol. The number of thiazole rings is 1. The van der Waals surface area contributed by atoms with Gasteiger partial charge in [-0.05, 0) is 55.2 Å². The summed E-state index contributed by atoms with van der Waals surface area (Å²) < 4.78 is 13.9. The Kier molecular flexibility index (Phi) is 8.52. The van der Waals surface area contributed by atoms with Crippen LogP contribution < -0.4 is 14.4 Å². The summed E-state index contributed by atoms with van der Waals surface area (Å²) in [6.45, 7) is 5.51. The van der Waals surface area contributed by atoms with Crippen molar-refractivity contribution in [1.29, 1.82) is 0 Å². The van der Waals surface area contributed by atoms with Crippen LogP contribution in [0.15, 0.2) is 49.1 Å². The second-order valence-corrected chi connectivity index (χ2v) is 8.97. The van der Waals surface area contributed by atoms with Crippen molar-refractivity contribution in [3.63, 3.8) is 0 Å². The van der Waals surface area contributed by atoms with E-state index in [2.05, 4.69) is 31.0 Å². The predicted molar refractivity (Wildman–Crippen MR) is 139 cm³/mol. The van der Waals surface area contributed by atoms with E-state index in [9.17, 15) is 4.79 Å². The van der Waals surface area contributed by atoms with Crippen molar-refractivity contribution >= 4 is 45.0 Å². The minimum absolute atomic E-state index is 0. The lowest BCUT2D eigenvalue weighted by molar-refractivity contribution is -0.118. The summed E-state index contributed by atoms with van der Waals surface area (Å²) in [4.78, 5) is 24.2. The summed E-state index contributed by atoms with van der Waals surface area (Å²) in [6, 6.07) is 9.81. The molecule has 34 heavy (non-hydrogen) atoms. The molecule has 0 N–H and O–H groups in total. The third-order valence-corrected chi connectivity index (χ3v) is 6.73. The van der Waals surface area contributed by atoms with Crippen LogP contribution in [0.1, 0.15) is 23.1 Å². The normalized spacial score (nSPS) is 10.7. The quantitative estimate of drug-likeness (QED) is 0.315. The molecule has 1 amide bonds. The van der Waals surface area contributed by atoms with Crippen molar-refractivity contribution in [3.8, 4) is 11.5 Å². The number of hydrogen-bond acceptors (Lipinski definition) is 6. The molecule has 2 aromatic carbocycles. The molecule has 0 saturated carbocycles. The van der Waals surface area contributed by atoms with Gasteiger partial charge in [-0.3, -0.25) is 9.69 Å². The first-order chi connectivity index (χ1) is 16.0. The largest absolute Gasteiger partial charge is 0.493 e. The van der Waals surface area contributed by atoms with Crippen LogP contribution in [0.5, 0.6) is 11.5 Å². The first-order valence-corrected chi connectivity index (χ1v) is 11.6. The Bertz CT molecular complexity index is 1260. The fraction of sp³-hybridized carbons (Fsp3) is 0.320. The van der Waals surface area contributed by atoms with Gasteiger partial charge in [0.25, 0.3) is 0 Å². The number of hydrogen-bond donors (Lipinski definition) is 0. The van der Waals surface area contributed by atoms with E-state index in [1.54, 1.807) is 38.1 Å². The zero-order chi connectivity index (χ0) is 23.4. The van der Waals surface area contributed by atoms with E-state index in [0.717, 1.165) is 33.9 Å². The molecule has 7 nitrogen and oxygen atoms in total. The molecule has 0 saturated heterocycles. The Morgan fingerprint density at radius 1 is 1.12 bits per heavy atom. The summed E-state index contributed by atoms with van der Waals surface area (Å²) in [6.07, 6.45) is 6.53. The second-order valence-electron chi connectivity index (χ2n) is 7.99. The van der Waals surface area contributed by atoms with Crippen LogP contribution in [0.25, 0.3) is 10.2 Å². The number of benzene rings is 2. The van der Waals surface area contributed by atoms with Crippen LogP contribution in [-0.2, 0) is 17.8 Å². The number of anilines is 1. The molecule has 0 radical (unpaired) electrons. The maximum atomic E-state index is 13.5. The van der Waals surface area contributed by atoms with E-state index in [4.69, 9.17) is 14.5 Å². The summed E-state index contributed by atoms with van der Waals surface area (Å²) in [5, 5.41) is 0.731. The first-order valence-electron chi connectivity index (χ1n) is 10.8. The molecule has 0 aliphatic carbocycles. The Morgan fingerprint density at radius 3 is 2.62 bits per heavy atom. The third-order valence-electron chi connectivity index (χ3n) is 5.50. The molecule has 0 aliphatic rings. The Hall–Kier alpha value is -3.10. The topological polar surface area (TPSA) is 69.5 Å². The van der Waals surface area contributed by atoms with Crippen molar-refractivity contribution in [3.05, 3.63) is 65.7 Å². The standard InChI is InChI=1S/C25H28N4O3S.ClH/c1-17-12-18(2)24-20(13-17)27-25(33-24)29(10-5-9-28-11-8-26-16-28)23(30)15-19-6-7-21(31-3)22(14-19)32-4;/h6-8,11-14,16H,5,9-10,15H2,1-4H3;1H. The second kappa shape index (κ2) is 11.4. The van der Waals surface area contributed by atoms with Crippen LogP contribution in [0.4, 0.5) is 5.13 Å². The number of fused-ring (bicyclic) bond motifs is 1. The number of carbonyl (C=O) groups is 1. The highest BCUT2D eigenvalue weighted by molar-refractivity contribution is 7.22. The van der Waals surface area contributed by atoms with Crippen molar-refractivity contribution in [2.45, 2.75) is 33.2 Å². The van der Waals surface area contributed by atoms with Crippen molar-refractivity contribution < 1.29 is 14.3 Å². The highest BCUT2D eigenvalue weighted by atomic mass is 35.5. The minimum atomic E-state index is 0. The van der Waals surface area contributed by atoms with E-state index in [-0.39, 0.29) is 24.7 Å². The van der Waals surface area contributed by atoms with E-state index >= 15 is 0 Å². The maximum Gasteiger partial charge on any atom is 0.233 e. The van der Waals surface area contributed by atoms with Gasteiger partial charge in [0.1, 0.15) is 0 Å². The van der Waals surface area contributed by atoms with Crippen molar-refractivity contribution in [2.24, 2.45) is 0 Å². The van der Waals surface area contributed by atoms with Crippen LogP contribution in [-0.4, -0.2) is 41.2 Å². The molecule has 0 aliphatic heterocycles. The van der Waals surface area contributed by atoms with Crippen LogP contribution >= 0.6 is 23.7 Å². The lowest BCUT2D eigenvalue weighted by atomic mass is 10.1. The number of nitrogens with zero attached hydrogens (tertiary/aromatic N) is 4. The van der Waals surface area contributed by atoms with Gasteiger partial charge in [0.05, 0.1) is 37.2 Å². The fourth-order valence-corrected chi connectivity index (χ4v) is 4.96. The Labute approximate surface area is 209 Å². The smallest absolute Gasteiger partial charge is 0.233 e. The van der Waals surface area contributed by atoms with Crippen LogP contribution in [0.2, 0.25) is 0 Å². The highest BCUT2D eigenvalue weighted by Crippen LogP contribution is 2.33. The molecule has 2 heterocycles. The van der Waals surface area contributed by atoms with Gasteiger partial charge in [-0.15, -0.1) is 12.4 Å². The minimum Gasteiger partial charge on any atom is -0.493 e. The third kappa shape index (κ3) is 5.69. The van der Waals surface area contributed by atoms with Crippen LogP contribution in [0, 0.1) is 13.8 Å². The molecule has 0 bridgehead atoms. The van der Waals surface area contributed by atoms with Gasteiger partial charge >= 0.3 is 0 Å². The molecule has 180 valence electrons. The number of imidazole rings is 1. The summed E-state index contributed by atoms with van der Waals surface area (Å²) in [7, 11) is 3.19. The van der Waals surface area contributed by atoms with Gasteiger partial charge < -0.3 is 14.0 Å². The lowest BCUT2D eigenvalue weighted by Gasteiger charge is -2.20. The highest BCUT2D eigenvalue weighted by Gasteiger charge is 2.21. The first kappa shape index (κ1) is 25.5. The lowest BCUT2D eigenvalue weighted by Crippen LogP contribution is -2.33. The van der Waals surface area contributed by atoms with Gasteiger partial charge in [-0.25, -0.2) is 9.97 Å². The maximum absolute atomic E-state index is 13.5. The molecule has 0 spiro atoms. The number of carbonyl (C=O) groups excluding carboxylic acids is 1. The number of rotatable bonds is 9. The van der Waals surface area contributed by atoms with Crippen molar-refractivity contribution in [2.75, 3.05) is 25.7 Å². The SMILES string of the molecule is COc1ccc(CC(=O)N(CCCn2ccnc2)c2nc3cc(C)cc(C)c3s2)cc1OC.Cl. The van der Waals surface area contributed by atoms with E-state index < -0.39 is 0 Å². The number of aromatic nitrogens is 3. The van der Waals surface area contributed by atoms with Gasteiger partial charge in [-0.2, -0.15) is 0 Å². The molecule has 2 aromatic heterocycles. The molecule has 4 aromatic rings. The molecule has 0 atom stereocenters. The summed E-state index contributed by atoms with van der Waals surface area (Å²) in [5.41, 5.74) is 4.15. The molecule has 4 rings (SSSR count). The zero-order valence-corrected chi connectivity index (χ0v) is 21.4. The van der Waals surface area contributed by atoms with Gasteiger partial charge in [-0.1, -0.05) is 23.5 Å². The Morgan fingerprint density at radius 2 is 1.91 bits per heavy atom. The molecule has 0 fully saturated rings. The number of aryl methyl sites for hydroxylation is 3. The number of methoxy groups -OCH3 is 2. The van der Waals surface area contributed by atoms with E-state index in [1.807, 2.05) is 33.9 Å². The van der Waals surface area contributed by atoms with Gasteiger partial charge in [0.2, 0.25) is 5.91 Å². The van der Waals surface area contributed by atoms with Gasteiger partial charge in [0, 0.05) is 25.5 Å². The number of ether oxygens (including phenoxy) is 2. The Balaban J connectivity index is 0.00000324. The summed E-state index contributed by atoms with van der Waals surface area (Å²) in [5.74, 6) is 1.25. The molecular formula is C25H29ClN4O3S. The predicted octanol–water partition coefficient (Wildman–Crippen LogP) is 5.21. The number of amides is 1. The zero-order valence-electron chi connectivity index (χ0n) is 19.8. The number of halogens is 1. The van der Waals surface area contributed by atoms with Crippen LogP contribution in [0.3, 0.4) is 0 Å². The van der Waals surface area contributed by atoms with Crippen molar-refractivity contribution in [1.82, 2.24) is 14.5 Å². The molecule has 0 unspecified atom stereocenters. The van der Waals surface area contributed by atoms with Gasteiger partial charge in [0.15, 0.2) is 16.6 Å². The summed E-state index contributed by atoms with van der Waals surface area (Å²) >= 11 is 1.57. The van der Waals surface area contributed by atoms with E-state index in [0.29, 0.717) is 18.0 Å². The monoisotopic (exact) mass is 500 g/mol. The van der Waals surface area contributed by atoms with E-state index in [1.165, 1.54) is 11.1 Å². The average Bonchev–Trinajstić information content (AvgIpc) is 3.46.